The third kappa shape index (κ3) is 3.10. The maximum absolute atomic E-state index is 13.7. The van der Waals surface area contributed by atoms with Gasteiger partial charge in [-0.05, 0) is 12.8 Å². The molecular weight excluding hydrogens is 283 g/mol. The predicted molar refractivity (Wildman–Crippen MR) is 71.9 cm³/mol. The number of hydrogen-bond acceptors (Lipinski definition) is 5. The molecule has 0 bridgehead atoms. The number of carboxylic acids is 1. The molecule has 0 saturated heterocycles. The minimum absolute atomic E-state index is 0.0492. The lowest BCUT2D eigenvalue weighted by Crippen LogP contribution is -2.26. The normalized spacial score (nSPS) is 21.2. The largest absolute Gasteiger partial charge is 0.478 e. The average molecular weight is 298 g/mol. The Kier molecular flexibility index (Phi) is 4.37. The Balaban J connectivity index is 2.36. The van der Waals surface area contributed by atoms with Crippen LogP contribution >= 0.6 is 0 Å². The van der Waals surface area contributed by atoms with Crippen molar-refractivity contribution >= 4 is 17.3 Å². The first-order valence-corrected chi connectivity index (χ1v) is 6.52. The second-order valence-corrected chi connectivity index (χ2v) is 5.04. The Hall–Kier alpha value is -2.22. The van der Waals surface area contributed by atoms with Gasteiger partial charge in [-0.25, -0.2) is 9.18 Å². The molecule has 2 atom stereocenters. The molecule has 1 saturated carbocycles. The van der Waals surface area contributed by atoms with Crippen LogP contribution in [0.1, 0.15) is 29.6 Å². The maximum atomic E-state index is 13.7. The molecule has 0 heterocycles. The quantitative estimate of drug-likeness (QED) is 0.566. The van der Waals surface area contributed by atoms with Gasteiger partial charge in [-0.15, -0.1) is 0 Å². The molecule has 21 heavy (non-hydrogen) atoms. The van der Waals surface area contributed by atoms with Gasteiger partial charge in [0.1, 0.15) is 17.1 Å². The van der Waals surface area contributed by atoms with Gasteiger partial charge in [0, 0.05) is 30.7 Å². The lowest BCUT2D eigenvalue weighted by atomic mass is 10.0. The van der Waals surface area contributed by atoms with E-state index in [1.54, 1.807) is 0 Å². The maximum Gasteiger partial charge on any atom is 0.338 e. The fraction of sp³-hybridized carbons (Fsp3) is 0.462. The van der Waals surface area contributed by atoms with Crippen LogP contribution in [-0.4, -0.2) is 33.8 Å². The number of aromatic carboxylic acids is 1. The number of nitro groups is 1. The molecular formula is C13H15FN2O5. The average Bonchev–Trinajstić information content (AvgIpc) is 2.85. The van der Waals surface area contributed by atoms with Gasteiger partial charge in [-0.2, -0.15) is 0 Å². The van der Waals surface area contributed by atoms with Crippen molar-refractivity contribution in [3.8, 4) is 0 Å². The van der Waals surface area contributed by atoms with Crippen LogP contribution in [-0.2, 0) is 0 Å². The predicted octanol–water partition coefficient (Wildman–Crippen LogP) is 2.00. The van der Waals surface area contributed by atoms with E-state index in [2.05, 4.69) is 5.32 Å². The van der Waals surface area contributed by atoms with E-state index in [1.807, 2.05) is 0 Å². The number of carbonyl (C=O) groups is 1. The number of nitrogens with zero attached hydrogens (tertiary/aromatic N) is 1. The highest BCUT2D eigenvalue weighted by molar-refractivity contribution is 5.90. The summed E-state index contributed by atoms with van der Waals surface area (Å²) in [5, 5.41) is 31.9. The van der Waals surface area contributed by atoms with E-state index >= 15 is 0 Å². The first kappa shape index (κ1) is 15.2. The Morgan fingerprint density at radius 1 is 1.48 bits per heavy atom. The van der Waals surface area contributed by atoms with Crippen LogP contribution < -0.4 is 5.32 Å². The van der Waals surface area contributed by atoms with Crippen LogP contribution in [0.3, 0.4) is 0 Å². The number of aliphatic hydroxyl groups excluding tert-OH is 1. The molecule has 0 aliphatic heterocycles. The van der Waals surface area contributed by atoms with Gasteiger partial charge in [-0.1, -0.05) is 6.42 Å². The number of nitro benzene ring substituents is 1. The van der Waals surface area contributed by atoms with Crippen molar-refractivity contribution < 1.29 is 24.3 Å². The van der Waals surface area contributed by atoms with E-state index in [9.17, 15) is 24.4 Å². The molecule has 0 spiro atoms. The molecule has 0 radical (unpaired) electrons. The number of rotatable bonds is 5. The molecule has 0 aromatic heterocycles. The van der Waals surface area contributed by atoms with Crippen LogP contribution in [0.4, 0.5) is 15.8 Å². The molecule has 3 N–H and O–H groups in total. The number of hydrogen-bond donors (Lipinski definition) is 3. The summed E-state index contributed by atoms with van der Waals surface area (Å²) in [7, 11) is 0. The highest BCUT2D eigenvalue weighted by atomic mass is 19.1. The Labute approximate surface area is 119 Å². The lowest BCUT2D eigenvalue weighted by Gasteiger charge is -2.20. The monoisotopic (exact) mass is 298 g/mol. The van der Waals surface area contributed by atoms with Gasteiger partial charge >= 0.3 is 5.97 Å². The van der Waals surface area contributed by atoms with Crippen LogP contribution in [0, 0.1) is 21.8 Å². The van der Waals surface area contributed by atoms with E-state index in [0.717, 1.165) is 18.9 Å². The van der Waals surface area contributed by atoms with Crippen LogP contribution in [0.2, 0.25) is 0 Å². The fourth-order valence-electron chi connectivity index (χ4n) is 2.64. The van der Waals surface area contributed by atoms with Crippen molar-refractivity contribution in [2.24, 2.45) is 5.92 Å². The Morgan fingerprint density at radius 3 is 2.76 bits per heavy atom. The lowest BCUT2D eigenvalue weighted by molar-refractivity contribution is -0.384. The SMILES string of the molecule is O=C(O)c1cc([N+](=O)[O-])c(NC2CCCC2CO)cc1F. The minimum atomic E-state index is -1.56. The number of benzene rings is 1. The molecule has 2 unspecified atom stereocenters. The zero-order chi connectivity index (χ0) is 15.6. The first-order valence-electron chi connectivity index (χ1n) is 6.52. The molecule has 0 amide bonds. The van der Waals surface area contributed by atoms with Gasteiger partial charge in [0.25, 0.3) is 5.69 Å². The van der Waals surface area contributed by atoms with Gasteiger partial charge < -0.3 is 15.5 Å². The minimum Gasteiger partial charge on any atom is -0.478 e. The van der Waals surface area contributed by atoms with Gasteiger partial charge in [0.05, 0.1) is 4.92 Å². The number of carboxylic acid groups (broad SMARTS) is 1. The first-order chi connectivity index (χ1) is 9.93. The Morgan fingerprint density at radius 2 is 2.19 bits per heavy atom. The molecule has 1 aliphatic rings. The number of halogens is 1. The van der Waals surface area contributed by atoms with Gasteiger partial charge in [0.2, 0.25) is 0 Å². The van der Waals surface area contributed by atoms with Crippen molar-refractivity contribution in [3.05, 3.63) is 33.6 Å². The molecule has 114 valence electrons. The summed E-state index contributed by atoms with van der Waals surface area (Å²) in [6.45, 7) is -0.0544. The third-order valence-corrected chi connectivity index (χ3v) is 3.75. The summed E-state index contributed by atoms with van der Waals surface area (Å²) in [5.74, 6) is -2.64. The summed E-state index contributed by atoms with van der Waals surface area (Å²) in [5.41, 5.74) is -1.29. The van der Waals surface area contributed by atoms with Crippen LogP contribution in [0.25, 0.3) is 0 Å². The Bertz CT molecular complexity index is 578. The highest BCUT2D eigenvalue weighted by Crippen LogP contribution is 2.33. The zero-order valence-corrected chi connectivity index (χ0v) is 11.1. The summed E-state index contributed by atoms with van der Waals surface area (Å²) < 4.78 is 13.7. The second kappa shape index (κ2) is 6.04. The smallest absolute Gasteiger partial charge is 0.338 e. The van der Waals surface area contributed by atoms with E-state index in [1.165, 1.54) is 0 Å². The molecule has 7 nitrogen and oxygen atoms in total. The molecule has 2 rings (SSSR count). The molecule has 8 heteroatoms. The zero-order valence-electron chi connectivity index (χ0n) is 11.1. The van der Waals surface area contributed by atoms with Crippen molar-refractivity contribution in [1.82, 2.24) is 0 Å². The number of anilines is 1. The van der Waals surface area contributed by atoms with E-state index < -0.39 is 28.0 Å². The standard InChI is InChI=1S/C13H15FN2O5/c14-9-5-11(15-10-3-1-2-7(10)6-17)12(16(20)21)4-8(9)13(18)19/h4-5,7,10,15,17H,1-3,6H2,(H,18,19). The van der Waals surface area contributed by atoms with E-state index in [-0.39, 0.29) is 24.3 Å². The van der Waals surface area contributed by atoms with Gasteiger partial charge in [-0.3, -0.25) is 10.1 Å². The highest BCUT2D eigenvalue weighted by Gasteiger charge is 2.29. The fourth-order valence-corrected chi connectivity index (χ4v) is 2.64. The summed E-state index contributed by atoms with van der Waals surface area (Å²) in [6, 6.07) is 1.35. The second-order valence-electron chi connectivity index (χ2n) is 5.04. The van der Waals surface area contributed by atoms with Crippen molar-refractivity contribution in [3.63, 3.8) is 0 Å². The molecule has 1 aliphatic carbocycles. The molecule has 1 fully saturated rings. The van der Waals surface area contributed by atoms with Crippen molar-refractivity contribution in [2.45, 2.75) is 25.3 Å². The van der Waals surface area contributed by atoms with Gasteiger partial charge in [0.15, 0.2) is 0 Å². The number of aliphatic hydroxyl groups is 1. The molecule has 1 aromatic rings. The van der Waals surface area contributed by atoms with Crippen molar-refractivity contribution in [2.75, 3.05) is 11.9 Å². The summed E-state index contributed by atoms with van der Waals surface area (Å²) >= 11 is 0. The third-order valence-electron chi connectivity index (χ3n) is 3.75. The molecule has 1 aromatic carbocycles. The van der Waals surface area contributed by atoms with E-state index in [0.29, 0.717) is 12.5 Å². The van der Waals surface area contributed by atoms with Crippen LogP contribution in [0.5, 0.6) is 0 Å². The van der Waals surface area contributed by atoms with E-state index in [4.69, 9.17) is 5.11 Å². The number of nitrogens with one attached hydrogen (secondary N) is 1. The topological polar surface area (TPSA) is 113 Å². The summed E-state index contributed by atoms with van der Waals surface area (Å²) in [6.07, 6.45) is 2.37. The van der Waals surface area contributed by atoms with Crippen molar-refractivity contribution in [1.29, 1.82) is 0 Å². The van der Waals surface area contributed by atoms with Crippen LogP contribution in [0.15, 0.2) is 12.1 Å². The summed E-state index contributed by atoms with van der Waals surface area (Å²) in [4.78, 5) is 21.1.